The molecule has 6 nitrogen and oxygen atoms in total. The van der Waals surface area contributed by atoms with E-state index >= 15 is 0 Å². The van der Waals surface area contributed by atoms with Gasteiger partial charge in [0, 0.05) is 49.7 Å². The summed E-state index contributed by atoms with van der Waals surface area (Å²) in [6.07, 6.45) is 60.3. The maximum Gasteiger partial charge on any atom is 1.00 e. The molecule has 5 saturated carbocycles. The van der Waals surface area contributed by atoms with Gasteiger partial charge in [-0.3, -0.25) is 13.9 Å². The molecule has 0 amide bonds. The second kappa shape index (κ2) is 64.1. The van der Waals surface area contributed by atoms with Crippen molar-refractivity contribution in [3.8, 4) is 0 Å². The van der Waals surface area contributed by atoms with Crippen molar-refractivity contribution in [3.63, 3.8) is 0 Å². The van der Waals surface area contributed by atoms with Crippen LogP contribution < -0.4 is 42.0 Å². The molecule has 5 fully saturated rings. The van der Waals surface area contributed by atoms with Gasteiger partial charge in [0.2, 0.25) is 0 Å². The maximum atomic E-state index is 11.4. The van der Waals surface area contributed by atoms with E-state index in [4.69, 9.17) is 87.6 Å². The molecule has 0 aromatic carbocycles. The van der Waals surface area contributed by atoms with E-state index in [2.05, 4.69) is 93.6 Å². The normalized spacial score (nSPS) is 20.1. The molecule has 0 aromatic rings. The van der Waals surface area contributed by atoms with Gasteiger partial charge >= 0.3 is 51.3 Å². The first-order chi connectivity index (χ1) is 35.5. The standard InChI is InChI=1S/C10H18O.C10H18.2C6H11Cl.C6H12O.C6H12.2C6H10.C4H9Cl.Al.Cl2.5ClH.Na.H2O4S/c1-10(2,3)8-6-4-5-7-9(8)11;1-10(2,3)9-7-5-4-6-8-9;3*7-6-4-2-1-3-5-6;3*1-2-4-6-5-3-1;1-4(2,3)5;;1-2;;;;;;;1-5(2,3)4/h8H,4-7H2,1-3H3;7H,4-6,8H2,1-3H3;2*6H,1-5H2;6-7H,1-5H2;1-6H2;2*1-2H,3-6H2;1-3H3;;;5*1H;;(H2,1,2,3,4)/q;;;;;;;;;+3;;;;;;;+1;/p-4. The largest absolute Gasteiger partial charge is 1.00 e. The Kier molecular flexibility index (Phi) is 77.8. The van der Waals surface area contributed by atoms with Crippen molar-refractivity contribution in [2.24, 2.45) is 16.7 Å². The first-order valence-electron chi connectivity index (χ1n) is 29.5. The summed E-state index contributed by atoms with van der Waals surface area (Å²) in [6.45, 7) is 19.3. The van der Waals surface area contributed by atoms with Crippen LogP contribution in [-0.4, -0.2) is 61.5 Å². The molecule has 0 heterocycles. The predicted octanol–water partition coefficient (Wildman–Crippen LogP) is 18.2. The molecule has 0 spiro atoms. The minimum atomic E-state index is -4.67. The van der Waals surface area contributed by atoms with Crippen LogP contribution in [0.2, 0.25) is 0 Å². The van der Waals surface area contributed by atoms with Crippen LogP contribution in [0.25, 0.3) is 0 Å². The molecule has 8 rings (SSSR count). The van der Waals surface area contributed by atoms with E-state index < -0.39 is 21.8 Å². The van der Waals surface area contributed by atoms with Crippen LogP contribution in [0.5, 0.6) is 0 Å². The summed E-state index contributed by atoms with van der Waals surface area (Å²) < 4.78 is 31.6. The first-order valence-corrected chi connectivity index (χ1v) is 38.5. The van der Waals surface area contributed by atoms with Crippen molar-refractivity contribution in [2.75, 3.05) is 0 Å². The number of alkyl halides is 3. The molecule has 79 heavy (non-hydrogen) atoms. The topological polar surface area (TPSA) is 112 Å². The summed E-state index contributed by atoms with van der Waals surface area (Å²) in [5.74, 6) is 0.819. The molecule has 0 bridgehead atoms. The van der Waals surface area contributed by atoms with E-state index in [1.54, 1.807) is 5.57 Å². The van der Waals surface area contributed by atoms with Crippen LogP contribution in [0.1, 0.15) is 300 Å². The van der Waals surface area contributed by atoms with E-state index in [-0.39, 0.29) is 70.8 Å². The molecule has 3 N–H and O–H groups in total. The summed E-state index contributed by atoms with van der Waals surface area (Å²) >= 11 is 15.4. The Bertz CT molecular complexity index is 1370. The molecular weight excluding hydrogens is 1250 g/mol. The number of allylic oxidation sites excluding steroid dienone is 6. The van der Waals surface area contributed by atoms with Crippen molar-refractivity contribution in [3.05, 3.63) is 36.0 Å². The Morgan fingerprint density at radius 1 is 0.494 bits per heavy atom. The summed E-state index contributed by atoms with van der Waals surface area (Å²) in [4.78, 5) is 11.4. The molecule has 8 aliphatic rings. The smallest absolute Gasteiger partial charge is 1.00 e. The Balaban J connectivity index is -0.000000145. The second-order valence-corrected chi connectivity index (χ2v) is 33.7. The Hall–Kier alpha value is 3.15. The Morgan fingerprint density at radius 2 is 0.747 bits per heavy atom. The van der Waals surface area contributed by atoms with Crippen molar-refractivity contribution in [1.82, 2.24) is 0 Å². The van der Waals surface area contributed by atoms with E-state index in [0.29, 0.717) is 27.9 Å². The van der Waals surface area contributed by atoms with Crippen molar-refractivity contribution in [2.45, 2.75) is 322 Å². The second-order valence-electron chi connectivity index (χ2n) is 24.0. The zero-order valence-electron chi connectivity index (χ0n) is 51.2. The van der Waals surface area contributed by atoms with Gasteiger partial charge in [0.15, 0.2) is 0 Å². The molecule has 8 aliphatic carbocycles. The summed E-state index contributed by atoms with van der Waals surface area (Å²) in [7, 11) is 18.4. The third-order valence-electron chi connectivity index (χ3n) is 13.3. The fourth-order valence-corrected chi connectivity index (χ4v) is 9.80. The summed E-state index contributed by atoms with van der Waals surface area (Å²) in [5.41, 5.74) is 2.29. The molecule has 19 heteroatoms. The number of carbonyl (C=O) groups excluding carboxylic acids is 1. The van der Waals surface area contributed by atoms with Gasteiger partial charge in [-0.1, -0.05) is 180 Å². The van der Waals surface area contributed by atoms with Crippen LogP contribution in [0.15, 0.2) is 36.0 Å². The summed E-state index contributed by atoms with van der Waals surface area (Å²) in [6, 6.07) is 0. The van der Waals surface area contributed by atoms with Gasteiger partial charge in [0.05, 0.1) is 6.10 Å². The molecule has 470 valence electrons. The Morgan fingerprint density at radius 3 is 0.899 bits per heavy atom. The quantitative estimate of drug-likeness (QED) is 0.0964. The summed E-state index contributed by atoms with van der Waals surface area (Å²) in [5, 5.41) is 9.93. The van der Waals surface area contributed by atoms with Gasteiger partial charge < -0.3 is 17.5 Å². The predicted molar refractivity (Wildman–Crippen MR) is 352 cm³/mol. The number of aliphatic hydroxyl groups is 1. The molecule has 0 aliphatic heterocycles. The maximum absolute atomic E-state index is 11.4. The van der Waals surface area contributed by atoms with Crippen LogP contribution >= 0.6 is 99.1 Å². The minimum absolute atomic E-state index is 0. The van der Waals surface area contributed by atoms with Gasteiger partial charge in [0.1, 0.15) is 5.78 Å². The van der Waals surface area contributed by atoms with Gasteiger partial charge in [-0.15, -0.1) is 47.2 Å². The number of aliphatic hydroxyl groups excluding tert-OH is 1. The van der Waals surface area contributed by atoms with Crippen LogP contribution in [0, 0.1) is 16.7 Å². The number of hydrogen-bond donors (Lipinski definition) is 3. The first kappa shape index (κ1) is 95.8. The third kappa shape index (κ3) is 87.7. The van der Waals surface area contributed by atoms with Crippen LogP contribution in [-0.2, 0) is 15.2 Å². The Labute approximate surface area is 564 Å². The monoisotopic (exact) mass is 1360 g/mol. The molecule has 1 atom stereocenters. The van der Waals surface area contributed by atoms with Gasteiger partial charge in [0.25, 0.3) is 0 Å². The SMILES string of the molecule is C1=CCCCC1.C1=CCCCC1.C1CCCCC1.CC(C)(C)C1=CCCCC1.CC(C)(C)C1CCCCC1=O.CC(C)(C)Cl.Cl.ClC1CCCCC1.ClC1CCCCC1.ClCl.O=S(=O)(O)O.OC1CCCCC1.[Cl-].[Cl][Al]([Cl])[Cl].[Na+]. The molecule has 0 aromatic heterocycles. The number of carbonyl (C=O) groups is 1. The van der Waals surface area contributed by atoms with Gasteiger partial charge in [-0.05, 0) is 160 Å². The molecular formula is C60H114AlCl10NaO6S. The van der Waals surface area contributed by atoms with Crippen LogP contribution in [0.3, 0.4) is 0 Å². The number of hydrogen-bond acceptors (Lipinski definition) is 4. The van der Waals surface area contributed by atoms with E-state index in [1.807, 2.05) is 20.8 Å². The fraction of sp³-hybridized carbons (Fsp3) is 0.883. The van der Waals surface area contributed by atoms with E-state index in [9.17, 15) is 4.79 Å². The van der Waals surface area contributed by atoms with E-state index in [0.717, 1.165) is 32.1 Å². The van der Waals surface area contributed by atoms with Gasteiger partial charge in [-0.25, -0.2) is 30.1 Å². The average molecular weight is 1370 g/mol. The number of halogens is 10. The molecule has 1 unspecified atom stereocenters. The number of rotatable bonds is 0. The number of Topliss-reactive ketones (excluding diaryl/α,β-unsaturated/α-hetero) is 1. The van der Waals surface area contributed by atoms with Crippen LogP contribution in [0.4, 0.5) is 0 Å². The van der Waals surface area contributed by atoms with Gasteiger partial charge in [-0.2, -0.15) is 8.42 Å². The van der Waals surface area contributed by atoms with Crippen molar-refractivity contribution >= 4 is 127 Å². The number of ketones is 1. The van der Waals surface area contributed by atoms with Crippen molar-refractivity contribution < 1.29 is 69.4 Å². The molecule has 0 radical (unpaired) electrons. The van der Waals surface area contributed by atoms with E-state index in [1.165, 1.54) is 205 Å². The molecule has 0 saturated heterocycles. The fourth-order valence-electron chi connectivity index (χ4n) is 9.19. The average Bonchev–Trinajstić information content (AvgIpc) is 3.37. The zero-order valence-corrected chi connectivity index (χ0v) is 62.8. The van der Waals surface area contributed by atoms with Crippen molar-refractivity contribution in [1.29, 1.82) is 0 Å². The minimum Gasteiger partial charge on any atom is -1.00 e. The zero-order chi connectivity index (χ0) is 58.7. The third-order valence-corrected chi connectivity index (χ3v) is 14.2.